The van der Waals surface area contributed by atoms with Gasteiger partial charge in [0, 0.05) is 30.6 Å². The van der Waals surface area contributed by atoms with E-state index in [0.29, 0.717) is 12.6 Å². The molecule has 3 heterocycles. The Hall–Kier alpha value is -1.62. The van der Waals surface area contributed by atoms with E-state index in [1.54, 1.807) is 0 Å². The summed E-state index contributed by atoms with van der Waals surface area (Å²) < 4.78 is 3.81. The van der Waals surface area contributed by atoms with Crippen LogP contribution in [0.15, 0.2) is 11.0 Å². The molecule has 1 fully saturated rings. The average Bonchev–Trinajstić information content (AvgIpc) is 3.15. The maximum absolute atomic E-state index is 12.6. The first-order valence-corrected chi connectivity index (χ1v) is 6.56. The molecule has 2 aliphatic rings. The van der Waals surface area contributed by atoms with E-state index in [9.17, 15) is 4.79 Å². The van der Waals surface area contributed by atoms with Crippen LogP contribution in [-0.4, -0.2) is 20.9 Å². The van der Waals surface area contributed by atoms with E-state index < -0.39 is 0 Å². The van der Waals surface area contributed by atoms with Crippen LogP contribution < -0.4 is 10.9 Å². The predicted octanol–water partition coefficient (Wildman–Crippen LogP) is 0.716. The summed E-state index contributed by atoms with van der Waals surface area (Å²) in [5.41, 5.74) is 3.35. The quantitative estimate of drug-likeness (QED) is 0.804. The Morgan fingerprint density at radius 1 is 1.39 bits per heavy atom. The SMILES string of the molecule is Cn1ncc2c3c(c(=O)n(C4CC4)c21)CNCC3. The molecule has 0 saturated heterocycles. The van der Waals surface area contributed by atoms with E-state index in [1.807, 2.05) is 22.5 Å². The minimum absolute atomic E-state index is 0.191. The van der Waals surface area contributed by atoms with Crippen molar-refractivity contribution in [3.05, 3.63) is 27.7 Å². The van der Waals surface area contributed by atoms with Gasteiger partial charge in [-0.25, -0.2) is 0 Å². The number of fused-ring (bicyclic) bond motifs is 3. The van der Waals surface area contributed by atoms with Crippen LogP contribution >= 0.6 is 0 Å². The van der Waals surface area contributed by atoms with Gasteiger partial charge < -0.3 is 5.32 Å². The molecular weight excluding hydrogens is 228 g/mol. The van der Waals surface area contributed by atoms with Crippen molar-refractivity contribution in [2.75, 3.05) is 6.54 Å². The predicted molar refractivity (Wildman–Crippen MR) is 68.7 cm³/mol. The molecule has 1 saturated carbocycles. The first-order valence-electron chi connectivity index (χ1n) is 6.56. The molecule has 18 heavy (non-hydrogen) atoms. The fraction of sp³-hybridized carbons (Fsp3) is 0.538. The molecule has 0 radical (unpaired) electrons. The van der Waals surface area contributed by atoms with E-state index in [4.69, 9.17) is 0 Å². The third-order valence-electron chi connectivity index (χ3n) is 4.07. The zero-order chi connectivity index (χ0) is 12.3. The number of nitrogens with one attached hydrogen (secondary N) is 1. The molecule has 1 aliphatic carbocycles. The smallest absolute Gasteiger partial charge is 0.257 e. The minimum atomic E-state index is 0.191. The van der Waals surface area contributed by atoms with Crippen LogP contribution in [0.2, 0.25) is 0 Å². The lowest BCUT2D eigenvalue weighted by Gasteiger charge is -2.20. The minimum Gasteiger partial charge on any atom is -0.312 e. The summed E-state index contributed by atoms with van der Waals surface area (Å²) >= 11 is 0. The first kappa shape index (κ1) is 10.3. The number of hydrogen-bond acceptors (Lipinski definition) is 3. The van der Waals surface area contributed by atoms with Gasteiger partial charge >= 0.3 is 0 Å². The van der Waals surface area contributed by atoms with E-state index >= 15 is 0 Å². The van der Waals surface area contributed by atoms with Gasteiger partial charge in [-0.2, -0.15) is 5.10 Å². The molecule has 0 amide bonds. The highest BCUT2D eigenvalue weighted by Crippen LogP contribution is 2.36. The number of rotatable bonds is 1. The molecule has 5 nitrogen and oxygen atoms in total. The Balaban J connectivity index is 2.17. The van der Waals surface area contributed by atoms with Crippen molar-refractivity contribution in [3.63, 3.8) is 0 Å². The third kappa shape index (κ3) is 1.25. The molecule has 0 unspecified atom stereocenters. The molecule has 5 heteroatoms. The number of hydrogen-bond donors (Lipinski definition) is 1. The molecule has 0 atom stereocenters. The summed E-state index contributed by atoms with van der Waals surface area (Å²) in [4.78, 5) is 12.6. The second-order valence-corrected chi connectivity index (χ2v) is 5.30. The van der Waals surface area contributed by atoms with Gasteiger partial charge in [-0.05, 0) is 31.4 Å². The van der Waals surface area contributed by atoms with Crippen molar-refractivity contribution in [1.82, 2.24) is 19.7 Å². The lowest BCUT2D eigenvalue weighted by atomic mass is 10.00. The topological polar surface area (TPSA) is 51.9 Å². The summed E-state index contributed by atoms with van der Waals surface area (Å²) in [5, 5.41) is 8.82. The highest BCUT2D eigenvalue weighted by Gasteiger charge is 2.30. The van der Waals surface area contributed by atoms with Crippen LogP contribution in [0.1, 0.15) is 30.0 Å². The van der Waals surface area contributed by atoms with Crippen LogP contribution in [0.25, 0.3) is 11.0 Å². The van der Waals surface area contributed by atoms with E-state index in [1.165, 1.54) is 10.9 Å². The van der Waals surface area contributed by atoms with Gasteiger partial charge in [0.25, 0.3) is 5.56 Å². The molecule has 1 N–H and O–H groups in total. The fourth-order valence-corrected chi connectivity index (χ4v) is 3.03. The normalized spacial score (nSPS) is 19.2. The van der Waals surface area contributed by atoms with Gasteiger partial charge in [0.15, 0.2) is 0 Å². The Morgan fingerprint density at radius 2 is 2.22 bits per heavy atom. The van der Waals surface area contributed by atoms with Crippen LogP contribution in [0.4, 0.5) is 0 Å². The summed E-state index contributed by atoms with van der Waals surface area (Å²) in [7, 11) is 1.92. The fourth-order valence-electron chi connectivity index (χ4n) is 3.03. The zero-order valence-corrected chi connectivity index (χ0v) is 10.4. The van der Waals surface area contributed by atoms with E-state index in [0.717, 1.165) is 37.0 Å². The molecule has 4 rings (SSSR count). The molecule has 0 bridgehead atoms. The molecular formula is C13H16N4O. The van der Waals surface area contributed by atoms with Crippen molar-refractivity contribution in [1.29, 1.82) is 0 Å². The van der Waals surface area contributed by atoms with E-state index in [2.05, 4.69) is 10.4 Å². The van der Waals surface area contributed by atoms with Crippen molar-refractivity contribution >= 4 is 11.0 Å². The van der Waals surface area contributed by atoms with Crippen molar-refractivity contribution in [3.8, 4) is 0 Å². The highest BCUT2D eigenvalue weighted by atomic mass is 16.1. The number of nitrogens with zero attached hydrogens (tertiary/aromatic N) is 3. The average molecular weight is 244 g/mol. The van der Waals surface area contributed by atoms with Gasteiger partial charge in [-0.1, -0.05) is 0 Å². The van der Waals surface area contributed by atoms with Gasteiger partial charge in [0.05, 0.1) is 6.20 Å². The summed E-state index contributed by atoms with van der Waals surface area (Å²) in [6, 6.07) is 0.391. The Bertz CT molecular complexity index is 693. The third-order valence-corrected chi connectivity index (χ3v) is 4.07. The van der Waals surface area contributed by atoms with Crippen molar-refractivity contribution in [2.24, 2.45) is 7.05 Å². The lowest BCUT2D eigenvalue weighted by Crippen LogP contribution is -2.34. The maximum Gasteiger partial charge on any atom is 0.257 e. The Kier molecular flexibility index (Phi) is 1.97. The molecule has 0 spiro atoms. The number of pyridine rings is 1. The molecule has 2 aromatic heterocycles. The first-order chi connectivity index (χ1) is 8.77. The van der Waals surface area contributed by atoms with Gasteiger partial charge in [-0.15, -0.1) is 0 Å². The van der Waals surface area contributed by atoms with Crippen LogP contribution in [0.5, 0.6) is 0 Å². The maximum atomic E-state index is 12.6. The summed E-state index contributed by atoms with van der Waals surface area (Å²) in [6.07, 6.45) is 5.08. The standard InChI is InChI=1S/C13H16N4O/c1-16-12-10(7-15-16)9-4-5-14-6-11(9)13(18)17(12)8-2-3-8/h7-8,14H,2-6H2,1H3. The lowest BCUT2D eigenvalue weighted by molar-refractivity contribution is 0.615. The molecule has 1 aliphatic heterocycles. The molecule has 94 valence electrons. The second-order valence-electron chi connectivity index (χ2n) is 5.30. The van der Waals surface area contributed by atoms with Gasteiger partial charge in [0.2, 0.25) is 0 Å². The summed E-state index contributed by atoms with van der Waals surface area (Å²) in [5.74, 6) is 0. The molecule has 0 aromatic carbocycles. The highest BCUT2D eigenvalue weighted by molar-refractivity contribution is 5.81. The summed E-state index contributed by atoms with van der Waals surface area (Å²) in [6.45, 7) is 1.65. The zero-order valence-electron chi connectivity index (χ0n) is 10.4. The largest absolute Gasteiger partial charge is 0.312 e. The van der Waals surface area contributed by atoms with E-state index in [-0.39, 0.29) is 5.56 Å². The molecule has 2 aromatic rings. The van der Waals surface area contributed by atoms with Crippen LogP contribution in [0.3, 0.4) is 0 Å². The van der Waals surface area contributed by atoms with Crippen molar-refractivity contribution < 1.29 is 0 Å². The van der Waals surface area contributed by atoms with Crippen LogP contribution in [-0.2, 0) is 20.0 Å². The monoisotopic (exact) mass is 244 g/mol. The van der Waals surface area contributed by atoms with Crippen LogP contribution in [0, 0.1) is 0 Å². The number of aromatic nitrogens is 3. The Labute approximate surface area is 104 Å². The Morgan fingerprint density at radius 3 is 3.00 bits per heavy atom. The van der Waals surface area contributed by atoms with Gasteiger partial charge in [-0.3, -0.25) is 14.0 Å². The van der Waals surface area contributed by atoms with Gasteiger partial charge in [0.1, 0.15) is 5.65 Å². The second kappa shape index (κ2) is 3.45. The number of aryl methyl sites for hydroxylation is 1. The van der Waals surface area contributed by atoms with Crippen molar-refractivity contribution in [2.45, 2.75) is 31.8 Å².